The Kier molecular flexibility index (Phi) is 4.62. The lowest BCUT2D eigenvalue weighted by Gasteiger charge is -2.05. The van der Waals surface area contributed by atoms with Gasteiger partial charge in [0.1, 0.15) is 5.75 Å². The molecule has 0 heterocycles. The van der Waals surface area contributed by atoms with Crippen LogP contribution in [0.3, 0.4) is 0 Å². The highest BCUT2D eigenvalue weighted by atomic mass is 16.6. The summed E-state index contributed by atoms with van der Waals surface area (Å²) < 4.78 is 0. The van der Waals surface area contributed by atoms with Gasteiger partial charge in [-0.15, -0.1) is 0 Å². The molecule has 7 heteroatoms. The van der Waals surface area contributed by atoms with Gasteiger partial charge in [-0.25, -0.2) is 5.43 Å². The van der Waals surface area contributed by atoms with Crippen molar-refractivity contribution in [2.75, 3.05) is 0 Å². The van der Waals surface area contributed by atoms with Crippen LogP contribution in [0.15, 0.2) is 59.7 Å². The smallest absolute Gasteiger partial charge is 0.273 e. The van der Waals surface area contributed by atoms with Crippen molar-refractivity contribution in [2.45, 2.75) is 6.92 Å². The minimum Gasteiger partial charge on any atom is -0.507 e. The van der Waals surface area contributed by atoms with Crippen LogP contribution >= 0.6 is 0 Å². The molecule has 0 unspecified atom stereocenters. The molecule has 130 valence electrons. The number of nitrogens with zero attached hydrogens (tertiary/aromatic N) is 2. The van der Waals surface area contributed by atoms with Gasteiger partial charge in [0.05, 0.1) is 11.1 Å². The molecule has 1 amide bonds. The zero-order valence-corrected chi connectivity index (χ0v) is 13.8. The van der Waals surface area contributed by atoms with Gasteiger partial charge in [-0.1, -0.05) is 36.4 Å². The minimum atomic E-state index is -0.580. The monoisotopic (exact) mass is 349 g/mol. The molecular weight excluding hydrogens is 334 g/mol. The van der Waals surface area contributed by atoms with E-state index in [0.717, 1.165) is 10.8 Å². The Morgan fingerprint density at radius 3 is 2.73 bits per heavy atom. The third-order valence-corrected chi connectivity index (χ3v) is 3.98. The standard InChI is InChI=1S/C19H15N3O4/c1-12-6-7-14(10-17(12)22(25)26)19(24)21-20-11-16-15-5-3-2-4-13(15)8-9-18(16)23/h2-11,23H,1H3,(H,21,24). The van der Waals surface area contributed by atoms with E-state index in [1.807, 2.05) is 24.3 Å². The van der Waals surface area contributed by atoms with E-state index in [-0.39, 0.29) is 17.0 Å². The highest BCUT2D eigenvalue weighted by molar-refractivity contribution is 6.03. The summed E-state index contributed by atoms with van der Waals surface area (Å²) in [6.45, 7) is 1.60. The van der Waals surface area contributed by atoms with Crippen molar-refractivity contribution < 1.29 is 14.8 Å². The van der Waals surface area contributed by atoms with Crippen LogP contribution in [0.4, 0.5) is 5.69 Å². The predicted molar refractivity (Wildman–Crippen MR) is 98.5 cm³/mol. The van der Waals surface area contributed by atoms with Crippen molar-refractivity contribution >= 4 is 28.6 Å². The molecule has 3 aromatic rings. The van der Waals surface area contributed by atoms with Gasteiger partial charge in [0.2, 0.25) is 0 Å². The molecule has 0 bridgehead atoms. The molecule has 2 N–H and O–H groups in total. The molecule has 0 radical (unpaired) electrons. The number of rotatable bonds is 4. The van der Waals surface area contributed by atoms with E-state index >= 15 is 0 Å². The maximum atomic E-state index is 12.2. The van der Waals surface area contributed by atoms with Gasteiger partial charge in [0, 0.05) is 22.8 Å². The average molecular weight is 349 g/mol. The van der Waals surface area contributed by atoms with E-state index in [4.69, 9.17) is 0 Å². The summed E-state index contributed by atoms with van der Waals surface area (Å²) in [5, 5.41) is 26.6. The number of nitro groups is 1. The fraction of sp³-hybridized carbons (Fsp3) is 0.0526. The number of fused-ring (bicyclic) bond motifs is 1. The summed E-state index contributed by atoms with van der Waals surface area (Å²) >= 11 is 0. The molecule has 0 aliphatic carbocycles. The van der Waals surface area contributed by atoms with Crippen molar-refractivity contribution in [3.05, 3.63) is 81.4 Å². The number of phenolic OH excluding ortho intramolecular Hbond substituents is 1. The number of amides is 1. The van der Waals surface area contributed by atoms with E-state index in [0.29, 0.717) is 11.1 Å². The number of aryl methyl sites for hydroxylation is 1. The Hall–Kier alpha value is -3.74. The van der Waals surface area contributed by atoms with Crippen molar-refractivity contribution in [1.82, 2.24) is 5.43 Å². The molecule has 26 heavy (non-hydrogen) atoms. The first-order valence-electron chi connectivity index (χ1n) is 7.76. The van der Waals surface area contributed by atoms with E-state index in [1.54, 1.807) is 19.1 Å². The minimum absolute atomic E-state index is 0.0349. The number of phenols is 1. The number of hydrogen-bond donors (Lipinski definition) is 2. The van der Waals surface area contributed by atoms with Crippen LogP contribution in [0.25, 0.3) is 10.8 Å². The van der Waals surface area contributed by atoms with Crippen LogP contribution in [0, 0.1) is 17.0 Å². The van der Waals surface area contributed by atoms with Crippen molar-refractivity contribution in [1.29, 1.82) is 0 Å². The summed E-state index contributed by atoms with van der Waals surface area (Å²) in [6, 6.07) is 15.0. The molecule has 0 atom stereocenters. The molecular formula is C19H15N3O4. The number of hydrazone groups is 1. The summed E-state index contributed by atoms with van der Waals surface area (Å²) in [7, 11) is 0. The lowest BCUT2D eigenvalue weighted by Crippen LogP contribution is -2.17. The first-order chi connectivity index (χ1) is 12.5. The quantitative estimate of drug-likeness (QED) is 0.427. The van der Waals surface area contributed by atoms with E-state index in [2.05, 4.69) is 10.5 Å². The molecule has 0 aliphatic heterocycles. The zero-order valence-electron chi connectivity index (χ0n) is 13.8. The second-order valence-electron chi connectivity index (χ2n) is 5.68. The predicted octanol–water partition coefficient (Wildman–Crippen LogP) is 3.53. The number of hydrogen-bond acceptors (Lipinski definition) is 5. The van der Waals surface area contributed by atoms with Gasteiger partial charge in [-0.3, -0.25) is 14.9 Å². The van der Waals surface area contributed by atoms with Gasteiger partial charge >= 0.3 is 0 Å². The largest absolute Gasteiger partial charge is 0.507 e. The van der Waals surface area contributed by atoms with Gasteiger partial charge in [0.15, 0.2) is 0 Å². The summed E-state index contributed by atoms with van der Waals surface area (Å²) in [5.41, 5.74) is 3.26. The third-order valence-electron chi connectivity index (χ3n) is 3.98. The molecule has 0 saturated carbocycles. The van der Waals surface area contributed by atoms with Crippen molar-refractivity contribution in [2.24, 2.45) is 5.10 Å². The highest BCUT2D eigenvalue weighted by Gasteiger charge is 2.14. The maximum Gasteiger partial charge on any atom is 0.273 e. The fourth-order valence-electron chi connectivity index (χ4n) is 2.59. The van der Waals surface area contributed by atoms with E-state index < -0.39 is 10.8 Å². The third kappa shape index (κ3) is 3.36. The number of carbonyl (C=O) groups is 1. The summed E-state index contributed by atoms with van der Waals surface area (Å²) in [4.78, 5) is 22.6. The Balaban J connectivity index is 1.83. The van der Waals surface area contributed by atoms with Crippen molar-refractivity contribution in [3.8, 4) is 5.75 Å². The van der Waals surface area contributed by atoms with Crippen LogP contribution in [-0.4, -0.2) is 22.2 Å². The second kappa shape index (κ2) is 7.02. The first-order valence-corrected chi connectivity index (χ1v) is 7.76. The molecule has 0 spiro atoms. The highest BCUT2D eigenvalue weighted by Crippen LogP contribution is 2.25. The second-order valence-corrected chi connectivity index (χ2v) is 5.68. The lowest BCUT2D eigenvalue weighted by atomic mass is 10.0. The van der Waals surface area contributed by atoms with E-state index in [9.17, 15) is 20.0 Å². The lowest BCUT2D eigenvalue weighted by molar-refractivity contribution is -0.385. The average Bonchev–Trinajstić information content (AvgIpc) is 2.63. The number of nitrogens with one attached hydrogen (secondary N) is 1. The Morgan fingerprint density at radius 2 is 1.96 bits per heavy atom. The van der Waals surface area contributed by atoms with Crippen LogP contribution < -0.4 is 5.43 Å². The maximum absolute atomic E-state index is 12.2. The normalized spacial score (nSPS) is 11.0. The van der Waals surface area contributed by atoms with Crippen LogP contribution in [0.1, 0.15) is 21.5 Å². The van der Waals surface area contributed by atoms with Crippen LogP contribution in [0.2, 0.25) is 0 Å². The molecule has 3 rings (SSSR count). The number of nitro benzene ring substituents is 1. The van der Waals surface area contributed by atoms with Gasteiger partial charge in [0.25, 0.3) is 11.6 Å². The SMILES string of the molecule is Cc1ccc(C(=O)NN=Cc2c(O)ccc3ccccc23)cc1[N+](=O)[O-]. The zero-order chi connectivity index (χ0) is 18.7. The summed E-state index contributed by atoms with van der Waals surface area (Å²) in [5.74, 6) is -0.545. The summed E-state index contributed by atoms with van der Waals surface area (Å²) in [6.07, 6.45) is 1.35. The van der Waals surface area contributed by atoms with E-state index in [1.165, 1.54) is 24.4 Å². The molecule has 0 saturated heterocycles. The van der Waals surface area contributed by atoms with Gasteiger partial charge in [-0.2, -0.15) is 5.10 Å². The number of carbonyl (C=O) groups excluding carboxylic acids is 1. The topological polar surface area (TPSA) is 105 Å². The first kappa shape index (κ1) is 17.1. The number of aromatic hydroxyl groups is 1. The van der Waals surface area contributed by atoms with Crippen LogP contribution in [0.5, 0.6) is 5.75 Å². The Labute approximate surface area is 148 Å². The van der Waals surface area contributed by atoms with Gasteiger partial charge in [-0.05, 0) is 29.8 Å². The molecule has 7 nitrogen and oxygen atoms in total. The molecule has 0 fully saturated rings. The van der Waals surface area contributed by atoms with Crippen LogP contribution in [-0.2, 0) is 0 Å². The number of benzene rings is 3. The molecule has 0 aromatic heterocycles. The molecule has 3 aromatic carbocycles. The Bertz CT molecular complexity index is 1040. The Morgan fingerprint density at radius 1 is 1.19 bits per heavy atom. The molecule has 0 aliphatic rings. The fourth-order valence-corrected chi connectivity index (χ4v) is 2.59. The van der Waals surface area contributed by atoms with Gasteiger partial charge < -0.3 is 5.11 Å². The van der Waals surface area contributed by atoms with Crippen molar-refractivity contribution in [3.63, 3.8) is 0 Å².